The number of benzene rings is 2. The minimum atomic E-state index is 0.871. The minimum Gasteiger partial charge on any atom is -0.333 e. The van der Waals surface area contributed by atoms with Gasteiger partial charge >= 0.3 is 0 Å². The van der Waals surface area contributed by atoms with Crippen molar-refractivity contribution in [2.75, 3.05) is 0 Å². The molecule has 2 aromatic carbocycles. The van der Waals surface area contributed by atoms with Crippen molar-refractivity contribution in [2.24, 2.45) is 0 Å². The van der Waals surface area contributed by atoms with Crippen LogP contribution < -0.4 is 0 Å². The van der Waals surface area contributed by atoms with Gasteiger partial charge in [-0.25, -0.2) is 9.97 Å². The van der Waals surface area contributed by atoms with E-state index in [2.05, 4.69) is 52.7 Å². The molecule has 0 aliphatic heterocycles. The number of para-hydroxylation sites is 1. The Morgan fingerprint density at radius 2 is 2.10 bits per heavy atom. The standard InChI is InChI=1S/C15H11N3S3/c1-8-5-6-9-10(7-8)17-14(16-9)21-15-18-13-11(19)3-2-4-12(13)20-15/h2-7,19H,1H3,(H,16,17). The number of fused-ring (bicyclic) bond motifs is 2. The fourth-order valence-corrected chi connectivity index (χ4v) is 4.52. The van der Waals surface area contributed by atoms with Crippen LogP contribution in [0.1, 0.15) is 5.56 Å². The van der Waals surface area contributed by atoms with E-state index in [0.29, 0.717) is 0 Å². The highest BCUT2D eigenvalue weighted by atomic mass is 32.2. The summed E-state index contributed by atoms with van der Waals surface area (Å²) in [5, 5.41) is 0.871. The van der Waals surface area contributed by atoms with Crippen LogP contribution in [-0.2, 0) is 0 Å². The first kappa shape index (κ1) is 13.2. The van der Waals surface area contributed by atoms with Crippen LogP contribution in [0.15, 0.2) is 50.8 Å². The van der Waals surface area contributed by atoms with Gasteiger partial charge in [-0.15, -0.1) is 24.0 Å². The van der Waals surface area contributed by atoms with E-state index in [-0.39, 0.29) is 0 Å². The number of H-pyrrole nitrogens is 1. The molecular weight excluding hydrogens is 318 g/mol. The number of imidazole rings is 1. The summed E-state index contributed by atoms with van der Waals surface area (Å²) >= 11 is 7.68. The second kappa shape index (κ2) is 5.05. The molecule has 1 N–H and O–H groups in total. The van der Waals surface area contributed by atoms with E-state index < -0.39 is 0 Å². The summed E-state index contributed by atoms with van der Waals surface area (Å²) in [5.74, 6) is 0. The van der Waals surface area contributed by atoms with E-state index in [4.69, 9.17) is 0 Å². The summed E-state index contributed by atoms with van der Waals surface area (Å²) in [6.45, 7) is 2.08. The van der Waals surface area contributed by atoms with E-state index in [1.165, 1.54) is 5.56 Å². The van der Waals surface area contributed by atoms with Crippen LogP contribution in [0, 0.1) is 6.92 Å². The number of hydrogen-bond acceptors (Lipinski definition) is 5. The molecule has 0 aliphatic carbocycles. The van der Waals surface area contributed by atoms with Gasteiger partial charge in [0.1, 0.15) is 0 Å². The molecule has 0 aliphatic rings. The lowest BCUT2D eigenvalue weighted by molar-refractivity contribution is 1.08. The molecule has 0 spiro atoms. The predicted molar refractivity (Wildman–Crippen MR) is 91.8 cm³/mol. The van der Waals surface area contributed by atoms with Crippen molar-refractivity contribution in [1.29, 1.82) is 0 Å². The number of nitrogens with zero attached hydrogens (tertiary/aromatic N) is 2. The lowest BCUT2D eigenvalue weighted by atomic mass is 10.2. The van der Waals surface area contributed by atoms with Gasteiger partial charge in [0.15, 0.2) is 9.50 Å². The van der Waals surface area contributed by atoms with Gasteiger partial charge in [-0.3, -0.25) is 0 Å². The second-order valence-electron chi connectivity index (χ2n) is 4.77. The summed E-state index contributed by atoms with van der Waals surface area (Å²) in [4.78, 5) is 13.5. The number of aromatic amines is 1. The molecule has 6 heteroatoms. The van der Waals surface area contributed by atoms with Crippen LogP contribution >= 0.6 is 35.7 Å². The maximum absolute atomic E-state index is 4.64. The zero-order chi connectivity index (χ0) is 14.4. The molecule has 21 heavy (non-hydrogen) atoms. The third-order valence-electron chi connectivity index (χ3n) is 3.18. The van der Waals surface area contributed by atoms with E-state index in [0.717, 1.165) is 35.6 Å². The van der Waals surface area contributed by atoms with Gasteiger partial charge in [0.2, 0.25) is 0 Å². The summed E-state index contributed by atoms with van der Waals surface area (Å²) < 4.78 is 2.12. The smallest absolute Gasteiger partial charge is 0.173 e. The summed E-state index contributed by atoms with van der Waals surface area (Å²) in [7, 11) is 0. The number of aromatic nitrogens is 3. The Morgan fingerprint density at radius 1 is 1.19 bits per heavy atom. The van der Waals surface area contributed by atoms with Crippen LogP contribution in [-0.4, -0.2) is 15.0 Å². The molecule has 2 aromatic heterocycles. The molecule has 0 saturated heterocycles. The van der Waals surface area contributed by atoms with Crippen molar-refractivity contribution < 1.29 is 0 Å². The monoisotopic (exact) mass is 329 g/mol. The molecule has 0 amide bonds. The topological polar surface area (TPSA) is 41.6 Å². The highest BCUT2D eigenvalue weighted by Gasteiger charge is 2.10. The average molecular weight is 329 g/mol. The molecule has 0 bridgehead atoms. The van der Waals surface area contributed by atoms with Crippen LogP contribution in [0.2, 0.25) is 0 Å². The average Bonchev–Trinajstić information content (AvgIpc) is 3.02. The van der Waals surface area contributed by atoms with Crippen molar-refractivity contribution in [3.63, 3.8) is 0 Å². The largest absolute Gasteiger partial charge is 0.333 e. The Bertz CT molecular complexity index is 955. The fraction of sp³-hybridized carbons (Fsp3) is 0.0667. The molecule has 2 heterocycles. The Hall–Kier alpha value is -1.50. The molecule has 0 atom stereocenters. The number of aryl methyl sites for hydroxylation is 1. The van der Waals surface area contributed by atoms with Gasteiger partial charge in [0.05, 0.1) is 21.3 Å². The molecule has 0 fully saturated rings. The summed E-state index contributed by atoms with van der Waals surface area (Å²) in [6.07, 6.45) is 0. The first-order valence-electron chi connectivity index (χ1n) is 6.42. The molecule has 0 saturated carbocycles. The maximum atomic E-state index is 4.64. The first-order valence-corrected chi connectivity index (χ1v) is 8.50. The van der Waals surface area contributed by atoms with Gasteiger partial charge in [-0.1, -0.05) is 12.1 Å². The highest BCUT2D eigenvalue weighted by Crippen LogP contribution is 2.35. The fourth-order valence-electron chi connectivity index (χ4n) is 2.19. The lowest BCUT2D eigenvalue weighted by Crippen LogP contribution is -1.75. The van der Waals surface area contributed by atoms with Crippen LogP contribution in [0.5, 0.6) is 0 Å². The van der Waals surface area contributed by atoms with E-state index in [1.54, 1.807) is 23.1 Å². The SMILES string of the molecule is Cc1ccc2nc(Sc3nc4c(S)cccc4s3)[nH]c2c1. The zero-order valence-electron chi connectivity index (χ0n) is 11.1. The van der Waals surface area contributed by atoms with Gasteiger partial charge in [0.25, 0.3) is 0 Å². The van der Waals surface area contributed by atoms with Gasteiger partial charge in [0, 0.05) is 4.90 Å². The number of rotatable bonds is 2. The third-order valence-corrected chi connectivity index (χ3v) is 5.51. The summed E-state index contributed by atoms with van der Waals surface area (Å²) in [5.41, 5.74) is 4.23. The third kappa shape index (κ3) is 2.43. The van der Waals surface area contributed by atoms with Crippen molar-refractivity contribution in [1.82, 2.24) is 15.0 Å². The molecule has 4 rings (SSSR count). The number of thiol groups is 1. The maximum Gasteiger partial charge on any atom is 0.173 e. The second-order valence-corrected chi connectivity index (χ2v) is 7.52. The number of hydrogen-bond donors (Lipinski definition) is 2. The normalized spacial score (nSPS) is 11.5. The molecule has 0 unspecified atom stereocenters. The van der Waals surface area contributed by atoms with Crippen LogP contribution in [0.25, 0.3) is 21.3 Å². The van der Waals surface area contributed by atoms with Crippen molar-refractivity contribution in [3.8, 4) is 0 Å². The number of nitrogens with one attached hydrogen (secondary N) is 1. The first-order chi connectivity index (χ1) is 10.2. The summed E-state index contributed by atoms with van der Waals surface area (Å²) in [6, 6.07) is 12.2. The molecule has 104 valence electrons. The zero-order valence-corrected chi connectivity index (χ0v) is 13.6. The van der Waals surface area contributed by atoms with Crippen LogP contribution in [0.3, 0.4) is 0 Å². The van der Waals surface area contributed by atoms with Gasteiger partial charge in [-0.05, 0) is 48.5 Å². The van der Waals surface area contributed by atoms with Crippen LogP contribution in [0.4, 0.5) is 0 Å². The Morgan fingerprint density at radius 3 is 2.95 bits per heavy atom. The Kier molecular flexibility index (Phi) is 3.17. The Balaban J connectivity index is 1.73. The molecule has 4 aromatic rings. The molecular formula is C15H11N3S3. The van der Waals surface area contributed by atoms with Crippen molar-refractivity contribution in [3.05, 3.63) is 42.0 Å². The van der Waals surface area contributed by atoms with Gasteiger partial charge < -0.3 is 4.98 Å². The molecule has 0 radical (unpaired) electrons. The van der Waals surface area contributed by atoms with Crippen molar-refractivity contribution >= 4 is 57.0 Å². The number of thiazole rings is 1. The minimum absolute atomic E-state index is 0.871. The highest BCUT2D eigenvalue weighted by molar-refractivity contribution is 8.01. The Labute approximate surface area is 135 Å². The quantitative estimate of drug-likeness (QED) is 0.513. The van der Waals surface area contributed by atoms with E-state index >= 15 is 0 Å². The lowest BCUT2D eigenvalue weighted by Gasteiger charge is -1.90. The molecule has 3 nitrogen and oxygen atoms in total. The van der Waals surface area contributed by atoms with E-state index in [9.17, 15) is 0 Å². The predicted octanol–water partition coefficient (Wildman–Crippen LogP) is 4.92. The van der Waals surface area contributed by atoms with E-state index in [1.807, 2.05) is 18.2 Å². The van der Waals surface area contributed by atoms with Gasteiger partial charge in [-0.2, -0.15) is 0 Å². The van der Waals surface area contributed by atoms with Crippen molar-refractivity contribution in [2.45, 2.75) is 21.3 Å².